The molecule has 0 saturated heterocycles. The topological polar surface area (TPSA) is 310 Å². The number of nitrogens with one attached hydrogen (secondary N) is 5. The smallest absolute Gasteiger partial charge is 0.319 e. The maximum absolute atomic E-state index is 13.3. The van der Waals surface area contributed by atoms with Crippen LogP contribution >= 0.6 is 15.9 Å². The number of guanidine groups is 3. The molecule has 22 nitrogen and oxygen atoms in total. The average Bonchev–Trinajstić information content (AvgIpc) is 1.63. The van der Waals surface area contributed by atoms with Gasteiger partial charge in [-0.05, 0) is 183 Å². The Balaban J connectivity index is 0.000000160. The van der Waals surface area contributed by atoms with Crippen LogP contribution in [-0.2, 0) is 14.4 Å². The molecular weight excluding hydrogens is 1300 g/mol. The van der Waals surface area contributed by atoms with E-state index in [0.717, 1.165) is 126 Å². The van der Waals surface area contributed by atoms with Crippen LogP contribution in [0.2, 0.25) is 0 Å². The average molecular weight is 1410 g/mol. The molecule has 0 radical (unpaired) electrons. The minimum Gasteiger partial charge on any atom is -0.497 e. The van der Waals surface area contributed by atoms with Crippen molar-refractivity contribution < 1.29 is 33.5 Å². The largest absolute Gasteiger partial charge is 0.497 e. The van der Waals surface area contributed by atoms with Gasteiger partial charge in [0.2, 0.25) is 0 Å². The summed E-state index contributed by atoms with van der Waals surface area (Å²) >= 11 is 3.33. The fraction of sp³-hybridized carbons (Fsp3) is 0.600. The predicted molar refractivity (Wildman–Crippen MR) is 390 cm³/mol. The van der Waals surface area contributed by atoms with Gasteiger partial charge in [0, 0.05) is 68.5 Å². The number of likely N-dealkylation sites (N-methyl/N-ethyl adjacent to an activating group) is 3. The Kier molecular flexibility index (Phi) is 24.8. The Morgan fingerprint density at radius 3 is 1.47 bits per heavy atom. The number of aromatic nitrogens is 1. The zero-order valence-corrected chi connectivity index (χ0v) is 59.9. The van der Waals surface area contributed by atoms with Gasteiger partial charge >= 0.3 is 12.1 Å². The van der Waals surface area contributed by atoms with Crippen LogP contribution in [0.3, 0.4) is 0 Å². The van der Waals surface area contributed by atoms with Crippen molar-refractivity contribution in [3.8, 4) is 5.75 Å². The third kappa shape index (κ3) is 18.9. The molecular formula is C75H106BrN15O7. The van der Waals surface area contributed by atoms with Crippen molar-refractivity contribution in [3.05, 3.63) is 95.2 Å². The van der Waals surface area contributed by atoms with Crippen LogP contribution in [0.25, 0.3) is 10.8 Å². The van der Waals surface area contributed by atoms with E-state index < -0.39 is 16.6 Å². The van der Waals surface area contributed by atoms with E-state index in [9.17, 15) is 28.8 Å². The lowest BCUT2D eigenvalue weighted by atomic mass is 9.74. The third-order valence-electron chi connectivity index (χ3n) is 22.2. The lowest BCUT2D eigenvalue weighted by Gasteiger charge is -2.35. The molecule has 3 aromatic carbocycles. The first-order valence-electron chi connectivity index (χ1n) is 36.2. The fourth-order valence-corrected chi connectivity index (χ4v) is 17.3. The molecule has 530 valence electrons. The van der Waals surface area contributed by atoms with Crippen LogP contribution in [0.1, 0.15) is 203 Å². The summed E-state index contributed by atoms with van der Waals surface area (Å²) in [5.41, 5.74) is 17.9. The molecule has 4 aromatic rings. The van der Waals surface area contributed by atoms with Crippen LogP contribution in [0.5, 0.6) is 5.75 Å². The number of halogens is 1. The van der Waals surface area contributed by atoms with E-state index in [1.54, 1.807) is 52.6 Å². The number of nitrogens with zero attached hydrogens (tertiary/aromatic N) is 7. The number of carbonyl (C=O) groups is 6. The fourth-order valence-electron chi connectivity index (χ4n) is 16.9. The van der Waals surface area contributed by atoms with E-state index in [0.29, 0.717) is 76.0 Å². The van der Waals surface area contributed by atoms with Crippen LogP contribution in [0.15, 0.2) is 105 Å². The molecule has 3 aliphatic heterocycles. The number of fused-ring (bicyclic) bond motifs is 1. The molecule has 23 heteroatoms. The zero-order chi connectivity index (χ0) is 69.6. The number of nitrogens with two attached hydrogens (primary N) is 3. The molecule has 8 amide bonds. The first-order valence-corrected chi connectivity index (χ1v) is 37.0. The van der Waals surface area contributed by atoms with Crippen LogP contribution in [-0.4, -0.2) is 136 Å². The van der Waals surface area contributed by atoms with E-state index in [1.165, 1.54) is 78.9 Å². The summed E-state index contributed by atoms with van der Waals surface area (Å²) < 4.78 is 5.88. The number of hydrogen-bond acceptors (Lipinski definition) is 14. The normalized spacial score (nSPS) is 27.6. The molecule has 1 aromatic heterocycles. The number of benzene rings is 3. The maximum Gasteiger partial charge on any atom is 0.319 e. The number of rotatable bonds is 19. The van der Waals surface area contributed by atoms with E-state index in [1.807, 2.05) is 67.6 Å². The molecule has 12 rings (SSSR count). The molecule has 0 spiro atoms. The molecule has 9 atom stereocenters. The van der Waals surface area contributed by atoms with E-state index in [-0.39, 0.29) is 59.8 Å². The highest BCUT2D eigenvalue weighted by Gasteiger charge is 2.50. The van der Waals surface area contributed by atoms with Gasteiger partial charge in [0.25, 0.3) is 23.6 Å². The summed E-state index contributed by atoms with van der Waals surface area (Å²) in [4.78, 5) is 99.7. The summed E-state index contributed by atoms with van der Waals surface area (Å²) in [6.45, 7) is 1.86. The predicted octanol–water partition coefficient (Wildman–Crippen LogP) is 12.5. The molecule has 5 saturated carbocycles. The number of aliphatic imine (C=N–C) groups is 3. The van der Waals surface area contributed by atoms with Crippen LogP contribution in [0.4, 0.5) is 21.0 Å². The van der Waals surface area contributed by atoms with Crippen molar-refractivity contribution in [2.24, 2.45) is 61.8 Å². The number of anilines is 2. The van der Waals surface area contributed by atoms with Gasteiger partial charge in [0.05, 0.1) is 7.11 Å². The maximum atomic E-state index is 13.3. The van der Waals surface area contributed by atoms with Crippen LogP contribution < -0.4 is 48.5 Å². The number of amides is 8. The Bertz CT molecular complexity index is 3560. The van der Waals surface area contributed by atoms with E-state index in [2.05, 4.69) is 52.5 Å². The van der Waals surface area contributed by atoms with Gasteiger partial charge in [-0.3, -0.25) is 33.9 Å². The highest BCUT2D eigenvalue weighted by Crippen LogP contribution is 2.43. The van der Waals surface area contributed by atoms with E-state index >= 15 is 0 Å². The molecule has 98 heavy (non-hydrogen) atoms. The summed E-state index contributed by atoms with van der Waals surface area (Å²) in [5.74, 6) is 3.99. The quantitative estimate of drug-likeness (QED) is 0.0408. The molecule has 5 aliphatic carbocycles. The first kappa shape index (κ1) is 72.9. The van der Waals surface area contributed by atoms with Gasteiger partial charge in [0.1, 0.15) is 27.0 Å². The van der Waals surface area contributed by atoms with Crippen molar-refractivity contribution >= 4 is 91.6 Å². The second kappa shape index (κ2) is 33.4. The van der Waals surface area contributed by atoms with Gasteiger partial charge in [-0.1, -0.05) is 139 Å². The molecule has 0 unspecified atom stereocenters. The summed E-state index contributed by atoms with van der Waals surface area (Å²) in [6.07, 6.45) is 31.9. The van der Waals surface area contributed by atoms with Crippen molar-refractivity contribution in [2.45, 2.75) is 228 Å². The standard InChI is InChI=1S/C27H41N5O3.C25H36BrN5O2.C23H29N5O2/c1-32-24(33)27(31-25(32)28,15-14-19-8-4-3-5-9-19)18-20-10-6-11-21(16-20)29-26(34)30-22-12-7-13-23(17-22)35-2;1-31-23(33)25(30-24(31)27,12-10-17-6-3-2-4-7-17)16-18-8-5-9-20(14-18)29-22(32)19-11-13-28-21(26)15-19;1-23(20(29)28(2)21(24)27-23)14-15-6-5-9-18(12-15)25-22(30)26-19-11-10-16-7-3-4-8-17(16)13-19/h7,12-13,17,19-21H,3-6,8-11,14-16,18H2,1-2H3,(H2,28,31)(H2,29,30,34);11,13,15,17-18,20H,2-10,12,14,16H2,1H3,(H2,27,30)(H,29,32);3-4,7-8,10-11,13,15,18H,5-6,9,12,14H2,1-2H3,(H2,24,27)(H2,25,26,30)/t20-,21+,27+;18-,20+,25+;15-,18+,23+/m000/s1. The molecule has 8 aliphatic rings. The molecule has 0 bridgehead atoms. The van der Waals surface area contributed by atoms with E-state index in [4.69, 9.17) is 31.9 Å². The van der Waals surface area contributed by atoms with Gasteiger partial charge < -0.3 is 48.5 Å². The zero-order valence-electron chi connectivity index (χ0n) is 58.3. The summed E-state index contributed by atoms with van der Waals surface area (Å²) in [5, 5.41) is 17.5. The van der Waals surface area contributed by atoms with Gasteiger partial charge in [-0.2, -0.15) is 0 Å². The lowest BCUT2D eigenvalue weighted by Crippen LogP contribution is -2.45. The molecule has 11 N–H and O–H groups in total. The van der Waals surface area contributed by atoms with Gasteiger partial charge in [-0.25, -0.2) is 29.6 Å². The second-order valence-corrected chi connectivity index (χ2v) is 30.4. The highest BCUT2D eigenvalue weighted by atomic mass is 79.9. The van der Waals surface area contributed by atoms with Crippen LogP contribution in [0, 0.1) is 29.6 Å². The number of pyridine rings is 1. The number of urea groups is 2. The van der Waals surface area contributed by atoms with Gasteiger partial charge in [-0.15, -0.1) is 0 Å². The van der Waals surface area contributed by atoms with Gasteiger partial charge in [0.15, 0.2) is 17.9 Å². The molecule has 5 fully saturated rings. The number of hydrogen-bond donors (Lipinski definition) is 8. The Labute approximate surface area is 587 Å². The highest BCUT2D eigenvalue weighted by molar-refractivity contribution is 9.10. The molecule has 4 heterocycles. The number of ether oxygens (including phenoxy) is 1. The Morgan fingerprint density at radius 1 is 0.520 bits per heavy atom. The SMILES string of the molecule is CN1C(=O)[C@@](C)(C[C@H]2CCC[C@@H](NC(=O)Nc3ccc4ccccc4c3)C2)N=C1N.CN1C(=O)[C@@](CCC2CCCCC2)(C[C@H]2CCC[C@@H](NC(=O)c3ccnc(Br)c3)C2)N=C1N.COc1cccc(NC(=O)N[C@@H]2CCC[C@H](C[C@@]3(CCC4CCCCC4)N=C(N)N(C)C3=O)C2)c1. The van der Waals surface area contributed by atoms with Crippen molar-refractivity contribution in [1.29, 1.82) is 0 Å². The lowest BCUT2D eigenvalue weighted by molar-refractivity contribution is -0.132. The summed E-state index contributed by atoms with van der Waals surface area (Å²) in [7, 11) is 6.74. The van der Waals surface area contributed by atoms with Crippen molar-refractivity contribution in [2.75, 3.05) is 38.9 Å². The van der Waals surface area contributed by atoms with Crippen molar-refractivity contribution in [3.63, 3.8) is 0 Å². The summed E-state index contributed by atoms with van der Waals surface area (Å²) in [6, 6.07) is 24.6. The minimum absolute atomic E-state index is 0.0386. The van der Waals surface area contributed by atoms with Crippen molar-refractivity contribution in [1.82, 2.24) is 35.6 Å². The first-order chi connectivity index (χ1) is 47.1. The Hall–Kier alpha value is -7.82. The number of carbonyl (C=O) groups excluding carboxylic acids is 6. The monoisotopic (exact) mass is 1410 g/mol. The Morgan fingerprint density at radius 2 is 0.990 bits per heavy atom. The second-order valence-electron chi connectivity index (χ2n) is 29.6. The number of methoxy groups -OCH3 is 1. The minimum atomic E-state index is -0.793. The third-order valence-corrected chi connectivity index (χ3v) is 22.7.